The molecule has 162 valence electrons. The van der Waals surface area contributed by atoms with E-state index in [0.29, 0.717) is 5.56 Å². The van der Waals surface area contributed by atoms with Gasteiger partial charge in [-0.3, -0.25) is 4.79 Å². The predicted molar refractivity (Wildman–Crippen MR) is 117 cm³/mol. The number of rotatable bonds is 8. The van der Waals surface area contributed by atoms with Crippen molar-refractivity contribution >= 4 is 5.78 Å². The van der Waals surface area contributed by atoms with Crippen LogP contribution in [-0.4, -0.2) is 10.9 Å². The molecule has 2 fully saturated rings. The number of carbonyl (C=O) groups excluding carboxylic acids is 1. The van der Waals surface area contributed by atoms with Gasteiger partial charge in [0.25, 0.3) is 0 Å². The first-order valence-corrected chi connectivity index (χ1v) is 12.1. The topological polar surface area (TPSA) is 37.3 Å². The molecule has 0 heterocycles. The standard InChI is InChI=1S/C26H39FO2/c1-3-5-6-7-18-8-10-19(11-9-18)20-12-14-21(15-13-20)22-16-17-23(24(28)4-2)26(29)25(22)27/h16-21,29H,3-15H2,1-2H3. The SMILES string of the molecule is CCCCCC1CCC(C2CCC(c3ccc(C(=O)CC)c(O)c3F)CC2)CC1. The highest BCUT2D eigenvalue weighted by Gasteiger charge is 2.32. The normalized spacial score (nSPS) is 27.7. The third-order valence-corrected chi connectivity index (χ3v) is 7.75. The maximum absolute atomic E-state index is 14.8. The molecular formula is C26H39FO2. The van der Waals surface area contributed by atoms with Crippen molar-refractivity contribution in [1.29, 1.82) is 0 Å². The van der Waals surface area contributed by atoms with Gasteiger partial charge in [-0.2, -0.15) is 0 Å². The summed E-state index contributed by atoms with van der Waals surface area (Å²) in [5.74, 6) is 1.56. The number of phenolic OH excluding ortho intramolecular Hbond substituents is 1. The van der Waals surface area contributed by atoms with Gasteiger partial charge in [-0.1, -0.05) is 58.4 Å². The molecule has 0 bridgehead atoms. The van der Waals surface area contributed by atoms with E-state index in [1.807, 2.05) is 0 Å². The van der Waals surface area contributed by atoms with Gasteiger partial charge in [-0.05, 0) is 73.8 Å². The Kier molecular flexibility index (Phi) is 8.15. The summed E-state index contributed by atoms with van der Waals surface area (Å²) in [4.78, 5) is 11.9. The van der Waals surface area contributed by atoms with Crippen LogP contribution >= 0.6 is 0 Å². The van der Waals surface area contributed by atoms with Crippen molar-refractivity contribution in [1.82, 2.24) is 0 Å². The third-order valence-electron chi connectivity index (χ3n) is 7.75. The van der Waals surface area contributed by atoms with Gasteiger partial charge in [0, 0.05) is 6.42 Å². The second-order valence-electron chi connectivity index (χ2n) is 9.53. The Bertz CT molecular complexity index is 668. The molecule has 0 amide bonds. The Morgan fingerprint density at radius 1 is 0.966 bits per heavy atom. The van der Waals surface area contributed by atoms with Gasteiger partial charge >= 0.3 is 0 Å². The molecule has 0 aromatic heterocycles. The number of halogens is 1. The minimum atomic E-state index is -0.569. The quantitative estimate of drug-likeness (QED) is 0.356. The van der Waals surface area contributed by atoms with Crippen LogP contribution in [0, 0.1) is 23.6 Å². The van der Waals surface area contributed by atoms with Crippen LogP contribution in [0.3, 0.4) is 0 Å². The van der Waals surface area contributed by atoms with Gasteiger partial charge in [0.1, 0.15) is 0 Å². The molecule has 1 aromatic carbocycles. The molecule has 2 aliphatic rings. The van der Waals surface area contributed by atoms with E-state index in [-0.39, 0.29) is 23.7 Å². The monoisotopic (exact) mass is 402 g/mol. The predicted octanol–water partition coefficient (Wildman–Crippen LogP) is 7.78. The Labute approximate surface area is 176 Å². The number of unbranched alkanes of at least 4 members (excludes halogenated alkanes) is 2. The molecule has 29 heavy (non-hydrogen) atoms. The van der Waals surface area contributed by atoms with Crippen LogP contribution in [0.2, 0.25) is 0 Å². The van der Waals surface area contributed by atoms with Gasteiger partial charge in [0.05, 0.1) is 5.56 Å². The smallest absolute Gasteiger partial charge is 0.169 e. The van der Waals surface area contributed by atoms with E-state index < -0.39 is 11.6 Å². The maximum atomic E-state index is 14.8. The molecule has 1 N–H and O–H groups in total. The first kappa shape index (κ1) is 22.3. The van der Waals surface area contributed by atoms with E-state index in [1.165, 1.54) is 64.2 Å². The van der Waals surface area contributed by atoms with E-state index in [4.69, 9.17) is 0 Å². The van der Waals surface area contributed by atoms with Crippen molar-refractivity contribution in [2.75, 3.05) is 0 Å². The van der Waals surface area contributed by atoms with Gasteiger partial charge in [-0.15, -0.1) is 0 Å². The average Bonchev–Trinajstić information content (AvgIpc) is 2.76. The number of hydrogen-bond acceptors (Lipinski definition) is 2. The Morgan fingerprint density at radius 2 is 1.59 bits per heavy atom. The molecule has 0 atom stereocenters. The number of phenols is 1. The largest absolute Gasteiger partial charge is 0.504 e. The number of carbonyl (C=O) groups is 1. The minimum Gasteiger partial charge on any atom is -0.504 e. The van der Waals surface area contributed by atoms with Crippen LogP contribution in [0.5, 0.6) is 5.75 Å². The van der Waals surface area contributed by atoms with Gasteiger partial charge < -0.3 is 5.11 Å². The van der Waals surface area contributed by atoms with E-state index >= 15 is 0 Å². The summed E-state index contributed by atoms with van der Waals surface area (Å²) in [6, 6.07) is 3.36. The Balaban J connectivity index is 1.51. The molecule has 1 aromatic rings. The zero-order valence-corrected chi connectivity index (χ0v) is 18.4. The molecule has 3 heteroatoms. The number of ketones is 1. The second kappa shape index (κ2) is 10.6. The third kappa shape index (κ3) is 5.41. The first-order chi connectivity index (χ1) is 14.0. The highest BCUT2D eigenvalue weighted by molar-refractivity contribution is 5.98. The fraction of sp³-hybridized carbons (Fsp3) is 0.731. The van der Waals surface area contributed by atoms with E-state index in [1.54, 1.807) is 19.1 Å². The molecule has 0 spiro atoms. The van der Waals surface area contributed by atoms with Crippen molar-refractivity contribution in [3.8, 4) is 5.75 Å². The lowest BCUT2D eigenvalue weighted by Crippen LogP contribution is -2.25. The van der Waals surface area contributed by atoms with E-state index in [2.05, 4.69) is 6.92 Å². The zero-order valence-electron chi connectivity index (χ0n) is 18.4. The van der Waals surface area contributed by atoms with Crippen molar-refractivity contribution in [2.24, 2.45) is 17.8 Å². The lowest BCUT2D eigenvalue weighted by molar-refractivity contribution is 0.0984. The van der Waals surface area contributed by atoms with Crippen LogP contribution in [0.1, 0.15) is 119 Å². The lowest BCUT2D eigenvalue weighted by Gasteiger charge is -2.38. The van der Waals surface area contributed by atoms with Crippen molar-refractivity contribution in [2.45, 2.75) is 103 Å². The number of Topliss-reactive ketones (excluding diaryl/α,β-unsaturated/α-hetero) is 1. The van der Waals surface area contributed by atoms with Gasteiger partial charge in [0.2, 0.25) is 0 Å². The molecule has 0 radical (unpaired) electrons. The molecule has 0 aliphatic heterocycles. The summed E-state index contributed by atoms with van der Waals surface area (Å²) in [5.41, 5.74) is 0.728. The molecule has 0 unspecified atom stereocenters. The first-order valence-electron chi connectivity index (χ1n) is 12.1. The van der Waals surface area contributed by atoms with Gasteiger partial charge in [-0.25, -0.2) is 4.39 Å². The van der Waals surface area contributed by atoms with Crippen molar-refractivity contribution < 1.29 is 14.3 Å². The van der Waals surface area contributed by atoms with E-state index in [0.717, 1.165) is 30.6 Å². The molecule has 2 saturated carbocycles. The van der Waals surface area contributed by atoms with Crippen LogP contribution in [0.4, 0.5) is 4.39 Å². The van der Waals surface area contributed by atoms with Crippen LogP contribution < -0.4 is 0 Å². The Hall–Kier alpha value is -1.38. The Morgan fingerprint density at radius 3 is 2.17 bits per heavy atom. The highest BCUT2D eigenvalue weighted by atomic mass is 19.1. The molecule has 3 rings (SSSR count). The van der Waals surface area contributed by atoms with Crippen LogP contribution in [0.15, 0.2) is 12.1 Å². The molecule has 2 aliphatic carbocycles. The maximum Gasteiger partial charge on any atom is 0.169 e. The highest BCUT2D eigenvalue weighted by Crippen LogP contribution is 2.45. The van der Waals surface area contributed by atoms with E-state index in [9.17, 15) is 14.3 Å². The number of hydrogen-bond donors (Lipinski definition) is 1. The fourth-order valence-electron chi connectivity index (χ4n) is 5.84. The zero-order chi connectivity index (χ0) is 20.8. The van der Waals surface area contributed by atoms with Crippen LogP contribution in [0.25, 0.3) is 0 Å². The van der Waals surface area contributed by atoms with Crippen molar-refractivity contribution in [3.05, 3.63) is 29.1 Å². The average molecular weight is 403 g/mol. The summed E-state index contributed by atoms with van der Waals surface area (Å²) in [5, 5.41) is 10.2. The summed E-state index contributed by atoms with van der Waals surface area (Å²) >= 11 is 0. The molecular weight excluding hydrogens is 363 g/mol. The summed E-state index contributed by atoms with van der Waals surface area (Å²) in [7, 11) is 0. The second-order valence-corrected chi connectivity index (χ2v) is 9.53. The molecule has 0 saturated heterocycles. The van der Waals surface area contributed by atoms with Crippen LogP contribution in [-0.2, 0) is 0 Å². The summed E-state index contributed by atoms with van der Waals surface area (Å²) in [6.07, 6.45) is 15.7. The fourth-order valence-corrected chi connectivity index (χ4v) is 5.84. The lowest BCUT2D eigenvalue weighted by atomic mass is 9.68. The summed E-state index contributed by atoms with van der Waals surface area (Å²) in [6.45, 7) is 4.01. The minimum absolute atomic E-state index is 0.123. The van der Waals surface area contributed by atoms with Crippen molar-refractivity contribution in [3.63, 3.8) is 0 Å². The number of benzene rings is 1. The number of aromatic hydroxyl groups is 1. The van der Waals surface area contributed by atoms with Gasteiger partial charge in [0.15, 0.2) is 17.3 Å². The molecule has 2 nitrogen and oxygen atoms in total. The summed E-state index contributed by atoms with van der Waals surface area (Å²) < 4.78 is 14.8.